The number of aliphatic carboxylic acids is 1. The molecule has 20 heavy (non-hydrogen) atoms. The smallest absolute Gasteiger partial charge is 0.324 e. The molecule has 1 heterocycles. The minimum atomic E-state index is -3.91. The first-order chi connectivity index (χ1) is 9.36. The SMILES string of the molecule is O=C(O)C1(NS(=O)(=O)c2cncc(Br)c2)CCCCC1. The van der Waals surface area contributed by atoms with E-state index in [-0.39, 0.29) is 4.90 Å². The number of carboxylic acid groups (broad SMARTS) is 1. The molecule has 1 aliphatic carbocycles. The first-order valence-corrected chi connectivity index (χ1v) is 8.51. The maximum absolute atomic E-state index is 12.3. The fourth-order valence-corrected chi connectivity index (χ4v) is 4.29. The number of pyridine rings is 1. The quantitative estimate of drug-likeness (QED) is 0.852. The Hall–Kier alpha value is -0.990. The molecule has 2 rings (SSSR count). The highest BCUT2D eigenvalue weighted by Crippen LogP contribution is 2.30. The second kappa shape index (κ2) is 5.79. The van der Waals surface area contributed by atoms with E-state index < -0.39 is 21.5 Å². The van der Waals surface area contributed by atoms with Gasteiger partial charge in [-0.3, -0.25) is 9.78 Å². The molecule has 0 aliphatic heterocycles. The highest BCUT2D eigenvalue weighted by atomic mass is 79.9. The lowest BCUT2D eigenvalue weighted by Crippen LogP contribution is -2.55. The van der Waals surface area contributed by atoms with Crippen LogP contribution in [0, 0.1) is 0 Å². The van der Waals surface area contributed by atoms with Crippen LogP contribution in [0.15, 0.2) is 27.8 Å². The summed E-state index contributed by atoms with van der Waals surface area (Å²) >= 11 is 3.15. The van der Waals surface area contributed by atoms with Crippen molar-refractivity contribution in [2.45, 2.75) is 42.5 Å². The topological polar surface area (TPSA) is 96.4 Å². The number of sulfonamides is 1. The van der Waals surface area contributed by atoms with Crippen LogP contribution in [-0.4, -0.2) is 30.0 Å². The number of carboxylic acids is 1. The van der Waals surface area contributed by atoms with Crippen molar-refractivity contribution in [3.8, 4) is 0 Å². The number of hydrogen-bond donors (Lipinski definition) is 2. The van der Waals surface area contributed by atoms with E-state index in [1.54, 1.807) is 0 Å². The molecule has 2 N–H and O–H groups in total. The molecule has 1 fully saturated rings. The van der Waals surface area contributed by atoms with Crippen molar-refractivity contribution in [3.05, 3.63) is 22.9 Å². The number of nitrogens with one attached hydrogen (secondary N) is 1. The third-order valence-electron chi connectivity index (χ3n) is 3.44. The zero-order chi connectivity index (χ0) is 14.8. The molecule has 8 heteroatoms. The van der Waals surface area contributed by atoms with Crippen LogP contribution in [0.4, 0.5) is 0 Å². The molecule has 0 spiro atoms. The molecule has 0 amide bonds. The van der Waals surface area contributed by atoms with Crippen LogP contribution in [0.25, 0.3) is 0 Å². The molecule has 1 aromatic rings. The molecule has 0 aromatic carbocycles. The summed E-state index contributed by atoms with van der Waals surface area (Å²) in [6, 6.07) is 1.40. The van der Waals surface area contributed by atoms with Gasteiger partial charge in [0.25, 0.3) is 0 Å². The Kier molecular flexibility index (Phi) is 4.46. The molecule has 1 aliphatic rings. The number of rotatable bonds is 4. The van der Waals surface area contributed by atoms with Crippen molar-refractivity contribution < 1.29 is 18.3 Å². The Morgan fingerprint density at radius 1 is 1.30 bits per heavy atom. The molecule has 0 saturated heterocycles. The van der Waals surface area contributed by atoms with Gasteiger partial charge in [0.2, 0.25) is 10.0 Å². The monoisotopic (exact) mass is 362 g/mol. The van der Waals surface area contributed by atoms with E-state index in [1.807, 2.05) is 0 Å². The second-order valence-electron chi connectivity index (χ2n) is 4.89. The van der Waals surface area contributed by atoms with E-state index >= 15 is 0 Å². The standard InChI is InChI=1S/C12H15BrN2O4S/c13-9-6-10(8-14-7-9)20(18,19)15-12(11(16)17)4-2-1-3-5-12/h6-8,15H,1-5H2,(H,16,17). The Morgan fingerprint density at radius 2 is 1.95 bits per heavy atom. The van der Waals surface area contributed by atoms with Gasteiger partial charge in [-0.1, -0.05) is 19.3 Å². The summed E-state index contributed by atoms with van der Waals surface area (Å²) in [5.41, 5.74) is -1.40. The van der Waals surface area contributed by atoms with Gasteiger partial charge >= 0.3 is 5.97 Å². The van der Waals surface area contributed by atoms with E-state index in [9.17, 15) is 18.3 Å². The lowest BCUT2D eigenvalue weighted by Gasteiger charge is -2.33. The summed E-state index contributed by atoms with van der Waals surface area (Å²) in [6.07, 6.45) is 5.61. The number of hydrogen-bond acceptors (Lipinski definition) is 4. The predicted octanol–water partition coefficient (Wildman–Crippen LogP) is 1.91. The zero-order valence-corrected chi connectivity index (χ0v) is 13.1. The third kappa shape index (κ3) is 3.18. The Balaban J connectivity index is 2.32. The number of nitrogens with zero attached hydrogens (tertiary/aromatic N) is 1. The van der Waals surface area contributed by atoms with Gasteiger partial charge in [-0.2, -0.15) is 4.72 Å². The normalized spacial score (nSPS) is 18.6. The van der Waals surface area contributed by atoms with Crippen LogP contribution >= 0.6 is 15.9 Å². The van der Waals surface area contributed by atoms with Crippen LogP contribution in [0.2, 0.25) is 0 Å². The van der Waals surface area contributed by atoms with E-state index in [0.717, 1.165) is 6.42 Å². The highest BCUT2D eigenvalue weighted by molar-refractivity contribution is 9.10. The fraction of sp³-hybridized carbons (Fsp3) is 0.500. The van der Waals surface area contributed by atoms with Crippen molar-refractivity contribution in [3.63, 3.8) is 0 Å². The highest BCUT2D eigenvalue weighted by Gasteiger charge is 2.43. The number of aromatic nitrogens is 1. The fourth-order valence-electron chi connectivity index (χ4n) is 2.37. The molecular weight excluding hydrogens is 348 g/mol. The van der Waals surface area contributed by atoms with Gasteiger partial charge in [-0.25, -0.2) is 8.42 Å². The van der Waals surface area contributed by atoms with Gasteiger partial charge in [-0.15, -0.1) is 0 Å². The maximum Gasteiger partial charge on any atom is 0.324 e. The van der Waals surface area contributed by atoms with Crippen molar-refractivity contribution >= 4 is 31.9 Å². The molecule has 0 bridgehead atoms. The van der Waals surface area contributed by atoms with Gasteiger partial charge < -0.3 is 5.11 Å². The summed E-state index contributed by atoms with van der Waals surface area (Å²) in [4.78, 5) is 15.3. The zero-order valence-electron chi connectivity index (χ0n) is 10.7. The van der Waals surface area contributed by atoms with E-state index in [1.165, 1.54) is 18.5 Å². The van der Waals surface area contributed by atoms with Gasteiger partial charge in [0.15, 0.2) is 0 Å². The first-order valence-electron chi connectivity index (χ1n) is 6.24. The van der Waals surface area contributed by atoms with E-state index in [0.29, 0.717) is 30.2 Å². The van der Waals surface area contributed by atoms with Crippen molar-refractivity contribution in [2.24, 2.45) is 0 Å². The molecule has 1 saturated carbocycles. The van der Waals surface area contributed by atoms with Gasteiger partial charge in [0.1, 0.15) is 10.4 Å². The van der Waals surface area contributed by atoms with E-state index in [4.69, 9.17) is 0 Å². The Bertz CT molecular complexity index is 612. The number of halogens is 1. The molecule has 110 valence electrons. The van der Waals surface area contributed by atoms with Crippen LogP contribution in [0.3, 0.4) is 0 Å². The third-order valence-corrected chi connectivity index (χ3v) is 5.37. The van der Waals surface area contributed by atoms with Crippen LogP contribution in [0.5, 0.6) is 0 Å². The molecule has 0 atom stereocenters. The van der Waals surface area contributed by atoms with Crippen LogP contribution in [0.1, 0.15) is 32.1 Å². The average molecular weight is 363 g/mol. The summed E-state index contributed by atoms with van der Waals surface area (Å²) in [6.45, 7) is 0. The summed E-state index contributed by atoms with van der Waals surface area (Å²) in [7, 11) is -3.91. The predicted molar refractivity (Wildman–Crippen MR) is 75.7 cm³/mol. The maximum atomic E-state index is 12.3. The van der Waals surface area contributed by atoms with Crippen LogP contribution < -0.4 is 4.72 Å². The minimum Gasteiger partial charge on any atom is -0.480 e. The lowest BCUT2D eigenvalue weighted by atomic mass is 9.83. The lowest BCUT2D eigenvalue weighted by molar-refractivity contribution is -0.145. The van der Waals surface area contributed by atoms with Gasteiger partial charge in [-0.05, 0) is 34.8 Å². The molecule has 0 radical (unpaired) electrons. The minimum absolute atomic E-state index is 0.0435. The van der Waals surface area contributed by atoms with E-state index in [2.05, 4.69) is 25.6 Å². The molecular formula is C12H15BrN2O4S. The van der Waals surface area contributed by atoms with Crippen LogP contribution in [-0.2, 0) is 14.8 Å². The molecule has 0 unspecified atom stereocenters. The molecule has 1 aromatic heterocycles. The molecule has 6 nitrogen and oxygen atoms in total. The summed E-state index contributed by atoms with van der Waals surface area (Å²) in [5.74, 6) is -1.12. The van der Waals surface area contributed by atoms with Crippen molar-refractivity contribution in [2.75, 3.05) is 0 Å². The van der Waals surface area contributed by atoms with Crippen molar-refractivity contribution in [1.82, 2.24) is 9.71 Å². The Morgan fingerprint density at radius 3 is 2.50 bits per heavy atom. The summed E-state index contributed by atoms with van der Waals surface area (Å²) < 4.78 is 27.5. The van der Waals surface area contributed by atoms with Crippen molar-refractivity contribution in [1.29, 1.82) is 0 Å². The van der Waals surface area contributed by atoms with Gasteiger partial charge in [0.05, 0.1) is 0 Å². The van der Waals surface area contributed by atoms with Gasteiger partial charge in [0, 0.05) is 16.9 Å². The second-order valence-corrected chi connectivity index (χ2v) is 7.49. The largest absolute Gasteiger partial charge is 0.480 e. The average Bonchev–Trinajstić information content (AvgIpc) is 2.39. The first kappa shape index (κ1) is 15.4. The summed E-state index contributed by atoms with van der Waals surface area (Å²) in [5, 5.41) is 9.40. The Labute approximate surface area is 125 Å². The number of carbonyl (C=O) groups is 1.